The number of benzene rings is 24. The maximum atomic E-state index is 9.83. The van der Waals surface area contributed by atoms with Gasteiger partial charge in [0.2, 0.25) is 0 Å². The topological polar surface area (TPSA) is 101 Å². The third kappa shape index (κ3) is 13.2. The van der Waals surface area contributed by atoms with Crippen molar-refractivity contribution in [1.29, 1.82) is 15.8 Å². The molecule has 6 aromatic heterocycles. The van der Waals surface area contributed by atoms with Crippen molar-refractivity contribution in [3.63, 3.8) is 0 Å². The molecule has 0 bridgehead atoms. The molecule has 30 rings (SSSR count). The number of nitriles is 3. The van der Waals surface area contributed by atoms with Gasteiger partial charge in [0.1, 0.15) is 0 Å². The van der Waals surface area contributed by atoms with Crippen molar-refractivity contribution < 1.29 is 0 Å². The highest BCUT2D eigenvalue weighted by Crippen LogP contribution is 2.46. The molecule has 0 saturated carbocycles. The largest absolute Gasteiger partial charge is 0.309 e. The van der Waals surface area contributed by atoms with Crippen molar-refractivity contribution in [2.75, 3.05) is 0 Å². The third-order valence-corrected chi connectivity index (χ3v) is 29.7. The number of fused-ring (bicyclic) bond motifs is 27. The first-order valence-electron chi connectivity index (χ1n) is 48.7. The number of rotatable bonds is 9. The summed E-state index contributed by atoms with van der Waals surface area (Å²) in [5.74, 6) is 0. The Bertz CT molecular complexity index is 10800. The quantitative estimate of drug-likeness (QED) is 0.135. The number of hydrogen-bond donors (Lipinski definition) is 0. The molecule has 0 aliphatic carbocycles. The maximum absolute atomic E-state index is 9.83. The molecule has 0 fully saturated rings. The average molecular weight is 1830 g/mol. The van der Waals surface area contributed by atoms with Crippen LogP contribution in [0.3, 0.4) is 0 Å². The standard InChI is InChI=1S/3C45H27N3/c46-28-29-14-21-36-33(24-29)16-15-30-17-20-35(27-39(30)36)48-43-13-7-5-11-38(43)41-26-32(19-23-45(41)48)31-18-22-44-40(25-31)37-10-4-6-12-42(37)47(44)34-8-2-1-3-9-34;46-28-29-14-20-36-32(24-29)15-16-33-25-35(19-21-37(33)36)48-43-13-7-5-11-39(43)41-27-31(18-23-45(41)48)30-17-22-44-40(26-30)38-10-4-6-12-42(38)47(44)34-8-2-1-3-9-34;46-28-32-24-31-18-21-34(27-39(31)36-13-5-4-12-35(32)36)48-43-17-9-7-15-38(43)41-26-30(20-23-45(41)48)29-19-22-44-40(25-29)37-14-6-8-16-42(37)47(44)33-10-2-1-3-11-33/h3*1-27H. The molecule has 0 spiro atoms. The molecule has 0 aliphatic rings. The lowest BCUT2D eigenvalue weighted by Gasteiger charge is -2.12. The summed E-state index contributed by atoms with van der Waals surface area (Å²) < 4.78 is 14.2. The van der Waals surface area contributed by atoms with Crippen LogP contribution < -0.4 is 0 Å². The van der Waals surface area contributed by atoms with E-state index in [4.69, 9.17) is 0 Å². The monoisotopic (exact) mass is 1830 g/mol. The van der Waals surface area contributed by atoms with Crippen LogP contribution in [-0.2, 0) is 0 Å². The molecule has 0 atom stereocenters. The fraction of sp³-hybridized carbons (Fsp3) is 0. The molecule has 0 N–H and O–H groups in total. The van der Waals surface area contributed by atoms with Crippen molar-refractivity contribution >= 4 is 195 Å². The highest BCUT2D eigenvalue weighted by Gasteiger charge is 2.24. The average Bonchev–Trinajstić information content (AvgIpc) is 1.58. The molecule has 9 nitrogen and oxygen atoms in total. The van der Waals surface area contributed by atoms with Gasteiger partial charge in [0.25, 0.3) is 0 Å². The van der Waals surface area contributed by atoms with Crippen LogP contribution in [0.1, 0.15) is 16.7 Å². The minimum Gasteiger partial charge on any atom is -0.309 e. The van der Waals surface area contributed by atoms with E-state index < -0.39 is 0 Å². The number of nitrogens with zero attached hydrogens (tertiary/aromatic N) is 9. The van der Waals surface area contributed by atoms with Crippen molar-refractivity contribution in [3.05, 3.63) is 508 Å². The van der Waals surface area contributed by atoms with E-state index in [1.807, 2.05) is 48.5 Å². The van der Waals surface area contributed by atoms with E-state index in [1.54, 1.807) is 0 Å². The second-order valence-corrected chi connectivity index (χ2v) is 37.5. The van der Waals surface area contributed by atoms with Gasteiger partial charge >= 0.3 is 0 Å². The summed E-state index contributed by atoms with van der Waals surface area (Å²) in [6.07, 6.45) is 0. The van der Waals surface area contributed by atoms with Crippen LogP contribution >= 0.6 is 0 Å². The molecular weight excluding hydrogens is 1750 g/mol. The molecule has 0 unspecified atom stereocenters. The Balaban J connectivity index is 0.000000105. The van der Waals surface area contributed by atoms with Gasteiger partial charge in [-0.25, -0.2) is 0 Å². The second kappa shape index (κ2) is 33.2. The molecule has 30 aromatic rings. The summed E-state index contributed by atoms with van der Waals surface area (Å²) in [4.78, 5) is 0. The lowest BCUT2D eigenvalue weighted by atomic mass is 9.97. The molecule has 0 aliphatic heterocycles. The Morgan fingerprint density at radius 3 is 0.681 bits per heavy atom. The van der Waals surface area contributed by atoms with E-state index in [9.17, 15) is 15.8 Å². The van der Waals surface area contributed by atoms with Gasteiger partial charge in [-0.15, -0.1) is 0 Å². The van der Waals surface area contributed by atoms with E-state index in [0.29, 0.717) is 16.7 Å². The molecule has 0 saturated heterocycles. The normalized spacial score (nSPS) is 11.7. The van der Waals surface area contributed by atoms with Crippen molar-refractivity contribution in [2.45, 2.75) is 0 Å². The summed E-state index contributed by atoms with van der Waals surface area (Å²) in [5.41, 5.74) is 30.4. The fourth-order valence-corrected chi connectivity index (χ4v) is 23.2. The van der Waals surface area contributed by atoms with Gasteiger partial charge in [-0.3, -0.25) is 0 Å². The van der Waals surface area contributed by atoms with E-state index in [-0.39, 0.29) is 0 Å². The van der Waals surface area contributed by atoms with Crippen LogP contribution in [0.2, 0.25) is 0 Å². The first-order chi connectivity index (χ1) is 71.3. The van der Waals surface area contributed by atoms with Gasteiger partial charge in [-0.05, 0) is 305 Å². The van der Waals surface area contributed by atoms with Gasteiger partial charge in [0.05, 0.1) is 101 Å². The van der Waals surface area contributed by atoms with Crippen LogP contribution in [0, 0.1) is 34.0 Å². The third-order valence-electron chi connectivity index (χ3n) is 29.7. The predicted molar refractivity (Wildman–Crippen MR) is 601 cm³/mol. The highest BCUT2D eigenvalue weighted by molar-refractivity contribution is 6.20. The van der Waals surface area contributed by atoms with Gasteiger partial charge in [0, 0.05) is 104 Å². The maximum Gasteiger partial charge on any atom is 0.0998 e. The first-order valence-corrected chi connectivity index (χ1v) is 48.7. The summed E-state index contributed by atoms with van der Waals surface area (Å²) in [5, 5.41) is 57.0. The SMILES string of the molecule is N#Cc1cc2ccc(-n3c4ccccc4c4cc(-c5ccc6c(c5)c5ccccc5n6-c5ccccc5)ccc43)cc2c2ccccc12.N#Cc1ccc2c(ccc3cc(-n4c5ccccc5c5cc(-c6ccc7c(c6)c6ccccc6n7-c6ccccc6)ccc54)ccc32)c1.N#Cc1ccc2c(ccc3ccc(-n4c5ccccc5c5cc(-c6ccc7c(c6)c6ccccc6n7-c6ccccc6)ccc54)cc32)c1. The minimum atomic E-state index is 0.678. The minimum absolute atomic E-state index is 0.678. The highest BCUT2D eigenvalue weighted by atomic mass is 15.0. The summed E-state index contributed by atoms with van der Waals surface area (Å²) in [7, 11) is 0. The predicted octanol–water partition coefficient (Wildman–Crippen LogP) is 35.2. The van der Waals surface area contributed by atoms with Crippen LogP contribution in [0.15, 0.2) is 491 Å². The summed E-state index contributed by atoms with van der Waals surface area (Å²) in [6, 6.07) is 183. The van der Waals surface area contributed by atoms with Crippen LogP contribution in [0.5, 0.6) is 0 Å². The Labute approximate surface area is 826 Å². The van der Waals surface area contributed by atoms with Gasteiger partial charge in [-0.1, -0.05) is 279 Å². The summed E-state index contributed by atoms with van der Waals surface area (Å²) in [6.45, 7) is 0. The molecular formula is C135H81N9. The second-order valence-electron chi connectivity index (χ2n) is 37.5. The zero-order valence-electron chi connectivity index (χ0n) is 77.8. The molecule has 144 heavy (non-hydrogen) atoms. The first kappa shape index (κ1) is 82.4. The summed E-state index contributed by atoms with van der Waals surface area (Å²) >= 11 is 0. The molecule has 6 heterocycles. The fourth-order valence-electron chi connectivity index (χ4n) is 23.2. The van der Waals surface area contributed by atoms with Crippen molar-refractivity contribution in [3.8, 4) is 85.7 Å². The van der Waals surface area contributed by atoms with Gasteiger partial charge in [0.15, 0.2) is 0 Å². The molecule has 666 valence electrons. The van der Waals surface area contributed by atoms with Crippen LogP contribution in [-0.4, -0.2) is 27.4 Å². The number of para-hydroxylation sites is 9. The number of aromatic nitrogens is 6. The van der Waals surface area contributed by atoms with Crippen LogP contribution in [0.4, 0.5) is 0 Å². The zero-order chi connectivity index (χ0) is 95.3. The Morgan fingerprint density at radius 1 is 0.125 bits per heavy atom. The Hall–Kier alpha value is -19.9. The lowest BCUT2D eigenvalue weighted by molar-refractivity contribution is 1.18. The number of hydrogen-bond acceptors (Lipinski definition) is 3. The van der Waals surface area contributed by atoms with E-state index in [2.05, 4.69) is 488 Å². The van der Waals surface area contributed by atoms with Gasteiger partial charge in [-0.2, -0.15) is 15.8 Å². The Kier molecular flexibility index (Phi) is 19.0. The zero-order valence-corrected chi connectivity index (χ0v) is 77.8. The van der Waals surface area contributed by atoms with Crippen LogP contribution in [0.25, 0.3) is 263 Å². The van der Waals surface area contributed by atoms with E-state index in [1.165, 1.54) is 197 Å². The van der Waals surface area contributed by atoms with E-state index >= 15 is 0 Å². The van der Waals surface area contributed by atoms with Gasteiger partial charge < -0.3 is 27.4 Å². The van der Waals surface area contributed by atoms with Crippen molar-refractivity contribution in [2.24, 2.45) is 0 Å². The lowest BCUT2D eigenvalue weighted by Crippen LogP contribution is -1.94. The van der Waals surface area contributed by atoms with Crippen molar-refractivity contribution in [1.82, 2.24) is 27.4 Å². The molecule has 0 amide bonds. The smallest absolute Gasteiger partial charge is 0.0998 e. The molecule has 0 radical (unpaired) electrons. The van der Waals surface area contributed by atoms with E-state index in [0.717, 1.165) is 65.8 Å². The Morgan fingerprint density at radius 2 is 0.354 bits per heavy atom. The molecule has 24 aromatic carbocycles. The molecule has 9 heteroatoms.